The third-order valence-electron chi connectivity index (χ3n) is 2.79. The number of furan rings is 1. The summed E-state index contributed by atoms with van der Waals surface area (Å²) in [5.41, 5.74) is 7.14. The predicted molar refractivity (Wildman–Crippen MR) is 66.1 cm³/mol. The number of fused-ring (bicyclic) bond motifs is 1. The molecule has 3 N–H and O–H groups in total. The van der Waals surface area contributed by atoms with Gasteiger partial charge in [0.15, 0.2) is 11.3 Å². The molecule has 0 aliphatic heterocycles. The summed E-state index contributed by atoms with van der Waals surface area (Å²) in [7, 11) is 1.58. The summed E-state index contributed by atoms with van der Waals surface area (Å²) in [5.74, 6) is 1.43. The van der Waals surface area contributed by atoms with Crippen LogP contribution in [0.15, 0.2) is 22.6 Å². The Morgan fingerprint density at radius 3 is 2.65 bits per heavy atom. The molecule has 17 heavy (non-hydrogen) atoms. The fourth-order valence-electron chi connectivity index (χ4n) is 1.90. The number of hydrogen-bond acceptors (Lipinski definition) is 4. The molecule has 1 aromatic heterocycles. The van der Waals surface area contributed by atoms with Crippen LogP contribution in [0, 0.1) is 6.92 Å². The Hall–Kier alpha value is -1.52. The zero-order chi connectivity index (χ0) is 12.6. The molecule has 0 spiro atoms. The molecule has 0 fully saturated rings. The van der Waals surface area contributed by atoms with Crippen LogP contribution in [0.4, 0.5) is 0 Å². The summed E-state index contributed by atoms with van der Waals surface area (Å²) >= 11 is 0. The number of nitrogens with two attached hydrogens (primary N) is 1. The number of aliphatic hydroxyl groups excluding tert-OH is 1. The first kappa shape index (κ1) is 12.0. The van der Waals surface area contributed by atoms with Crippen LogP contribution in [0.1, 0.15) is 24.4 Å². The van der Waals surface area contributed by atoms with Gasteiger partial charge >= 0.3 is 0 Å². The fourth-order valence-corrected chi connectivity index (χ4v) is 1.90. The van der Waals surface area contributed by atoms with Crippen molar-refractivity contribution in [2.45, 2.75) is 26.0 Å². The molecular weight excluding hydrogens is 218 g/mol. The van der Waals surface area contributed by atoms with Gasteiger partial charge in [0, 0.05) is 11.4 Å². The highest BCUT2D eigenvalue weighted by Crippen LogP contribution is 2.32. The van der Waals surface area contributed by atoms with Crippen molar-refractivity contribution in [2.75, 3.05) is 7.11 Å². The topological polar surface area (TPSA) is 68.6 Å². The Balaban J connectivity index is 2.59. The van der Waals surface area contributed by atoms with E-state index in [1.54, 1.807) is 20.1 Å². The second-order valence-electron chi connectivity index (χ2n) is 4.30. The molecule has 2 rings (SSSR count). The van der Waals surface area contributed by atoms with Gasteiger partial charge in [0.25, 0.3) is 0 Å². The third-order valence-corrected chi connectivity index (χ3v) is 2.79. The molecule has 0 saturated heterocycles. The maximum Gasteiger partial charge on any atom is 0.176 e. The van der Waals surface area contributed by atoms with E-state index in [-0.39, 0.29) is 6.04 Å². The Morgan fingerprint density at radius 1 is 1.35 bits per heavy atom. The molecule has 2 atom stereocenters. The second-order valence-corrected chi connectivity index (χ2v) is 4.30. The summed E-state index contributed by atoms with van der Waals surface area (Å²) in [6, 6.07) is 5.22. The maximum absolute atomic E-state index is 9.97. The quantitative estimate of drug-likeness (QED) is 0.855. The monoisotopic (exact) mass is 235 g/mol. The predicted octanol–water partition coefficient (Wildman–Crippen LogP) is 2.13. The highest BCUT2D eigenvalue weighted by molar-refractivity contribution is 5.84. The molecule has 0 radical (unpaired) electrons. The molecule has 2 unspecified atom stereocenters. The Kier molecular flexibility index (Phi) is 3.09. The van der Waals surface area contributed by atoms with Crippen molar-refractivity contribution < 1.29 is 14.3 Å². The van der Waals surface area contributed by atoms with Gasteiger partial charge < -0.3 is 20.0 Å². The fraction of sp³-hybridized carbons (Fsp3) is 0.385. The first-order valence-corrected chi connectivity index (χ1v) is 5.54. The van der Waals surface area contributed by atoms with E-state index in [4.69, 9.17) is 14.9 Å². The van der Waals surface area contributed by atoms with Gasteiger partial charge in [-0.15, -0.1) is 0 Å². The standard InChI is InChI=1S/C13H17NO3/c1-7-4-10-5-9(12(15)8(2)14)6-11(16-3)13(10)17-7/h4-6,8,12,15H,14H2,1-3H3. The molecule has 0 amide bonds. The summed E-state index contributed by atoms with van der Waals surface area (Å²) < 4.78 is 10.8. The van der Waals surface area contributed by atoms with E-state index >= 15 is 0 Å². The summed E-state index contributed by atoms with van der Waals surface area (Å²) in [5, 5.41) is 10.9. The highest BCUT2D eigenvalue weighted by Gasteiger charge is 2.17. The molecule has 92 valence electrons. The van der Waals surface area contributed by atoms with Gasteiger partial charge in [-0.05, 0) is 37.6 Å². The SMILES string of the molecule is COc1cc(C(O)C(C)N)cc2cc(C)oc12. The van der Waals surface area contributed by atoms with E-state index in [2.05, 4.69) is 0 Å². The zero-order valence-corrected chi connectivity index (χ0v) is 10.2. The van der Waals surface area contributed by atoms with Crippen molar-refractivity contribution in [3.8, 4) is 5.75 Å². The van der Waals surface area contributed by atoms with E-state index in [1.165, 1.54) is 0 Å². The number of methoxy groups -OCH3 is 1. The normalized spacial score (nSPS) is 14.9. The molecular formula is C13H17NO3. The lowest BCUT2D eigenvalue weighted by Gasteiger charge is -2.15. The highest BCUT2D eigenvalue weighted by atomic mass is 16.5. The van der Waals surface area contributed by atoms with E-state index in [0.29, 0.717) is 11.3 Å². The van der Waals surface area contributed by atoms with E-state index < -0.39 is 6.10 Å². The Morgan fingerprint density at radius 2 is 2.06 bits per heavy atom. The van der Waals surface area contributed by atoms with Crippen molar-refractivity contribution in [3.63, 3.8) is 0 Å². The molecule has 1 heterocycles. The molecule has 2 aromatic rings. The number of benzene rings is 1. The van der Waals surface area contributed by atoms with Crippen LogP contribution in [0.25, 0.3) is 11.0 Å². The summed E-state index contributed by atoms with van der Waals surface area (Å²) in [4.78, 5) is 0. The molecule has 0 aliphatic carbocycles. The molecule has 1 aromatic carbocycles. The van der Waals surface area contributed by atoms with Crippen LogP contribution in [-0.4, -0.2) is 18.3 Å². The van der Waals surface area contributed by atoms with Crippen LogP contribution in [0.5, 0.6) is 5.75 Å². The van der Waals surface area contributed by atoms with Gasteiger partial charge in [-0.3, -0.25) is 0 Å². The maximum atomic E-state index is 9.97. The van der Waals surface area contributed by atoms with Crippen molar-refractivity contribution >= 4 is 11.0 Å². The minimum Gasteiger partial charge on any atom is -0.493 e. The minimum absolute atomic E-state index is 0.329. The number of hydrogen-bond donors (Lipinski definition) is 2. The van der Waals surface area contributed by atoms with Crippen LogP contribution < -0.4 is 10.5 Å². The van der Waals surface area contributed by atoms with Crippen LogP contribution >= 0.6 is 0 Å². The van der Waals surface area contributed by atoms with Crippen molar-refractivity contribution in [2.24, 2.45) is 5.73 Å². The summed E-state index contributed by atoms with van der Waals surface area (Å²) in [6.07, 6.45) is -0.705. The van der Waals surface area contributed by atoms with Crippen LogP contribution in [0.2, 0.25) is 0 Å². The molecule has 4 heteroatoms. The van der Waals surface area contributed by atoms with Gasteiger partial charge in [-0.1, -0.05) is 0 Å². The molecule has 4 nitrogen and oxygen atoms in total. The van der Waals surface area contributed by atoms with Gasteiger partial charge in [0.05, 0.1) is 13.2 Å². The zero-order valence-electron chi connectivity index (χ0n) is 10.2. The van der Waals surface area contributed by atoms with Gasteiger partial charge in [-0.25, -0.2) is 0 Å². The lowest BCUT2D eigenvalue weighted by molar-refractivity contribution is 0.153. The summed E-state index contributed by atoms with van der Waals surface area (Å²) in [6.45, 7) is 3.64. The van der Waals surface area contributed by atoms with Gasteiger partial charge in [0.2, 0.25) is 0 Å². The molecule has 0 aliphatic rings. The largest absolute Gasteiger partial charge is 0.493 e. The van der Waals surface area contributed by atoms with Crippen molar-refractivity contribution in [3.05, 3.63) is 29.5 Å². The van der Waals surface area contributed by atoms with E-state index in [1.807, 2.05) is 19.1 Å². The number of ether oxygens (including phenoxy) is 1. The average Bonchev–Trinajstić information content (AvgIpc) is 2.66. The Labute approximate surface area is 100.0 Å². The number of aryl methyl sites for hydroxylation is 1. The first-order valence-electron chi connectivity index (χ1n) is 5.54. The smallest absolute Gasteiger partial charge is 0.176 e. The van der Waals surface area contributed by atoms with E-state index in [9.17, 15) is 5.11 Å². The Bertz CT molecular complexity index is 531. The lowest BCUT2D eigenvalue weighted by atomic mass is 10.0. The van der Waals surface area contributed by atoms with Crippen molar-refractivity contribution in [1.29, 1.82) is 0 Å². The average molecular weight is 235 g/mol. The van der Waals surface area contributed by atoms with Crippen LogP contribution in [0.3, 0.4) is 0 Å². The minimum atomic E-state index is -0.705. The third kappa shape index (κ3) is 2.14. The number of rotatable bonds is 3. The second kappa shape index (κ2) is 4.39. The van der Waals surface area contributed by atoms with Crippen molar-refractivity contribution in [1.82, 2.24) is 0 Å². The van der Waals surface area contributed by atoms with E-state index in [0.717, 1.165) is 16.7 Å². The van der Waals surface area contributed by atoms with Gasteiger partial charge in [0.1, 0.15) is 5.76 Å². The molecule has 0 bridgehead atoms. The van der Waals surface area contributed by atoms with Gasteiger partial charge in [-0.2, -0.15) is 0 Å². The first-order chi connectivity index (χ1) is 8.02. The number of aliphatic hydroxyl groups is 1. The lowest BCUT2D eigenvalue weighted by Crippen LogP contribution is -2.24. The molecule has 0 saturated carbocycles. The van der Waals surface area contributed by atoms with Crippen LogP contribution in [-0.2, 0) is 0 Å².